The Bertz CT molecular complexity index is 420. The third kappa shape index (κ3) is 3.69. The zero-order chi connectivity index (χ0) is 14.6. The minimum absolute atomic E-state index is 0.0109. The normalized spacial score (nSPS) is 16.4. The largest absolute Gasteiger partial charge is 0.302 e. The average molecular weight is 284 g/mol. The Morgan fingerprint density at radius 1 is 1.42 bits per heavy atom. The van der Waals surface area contributed by atoms with Crippen LogP contribution in [-0.2, 0) is 6.42 Å². The maximum Gasteiger partial charge on any atom is 0.0441 e. The number of nitrogens with zero attached hydrogens (tertiary/aromatic N) is 1. The molecule has 2 unspecified atom stereocenters. The molecule has 0 saturated heterocycles. The predicted octanol–water partition coefficient (Wildman–Crippen LogP) is 2.75. The van der Waals surface area contributed by atoms with Crippen molar-refractivity contribution in [3.8, 4) is 0 Å². The molecule has 4 heteroatoms. The Hall–Kier alpha value is -0.610. The highest BCUT2D eigenvalue weighted by Gasteiger charge is 2.34. The smallest absolute Gasteiger partial charge is 0.0441 e. The van der Waals surface area contributed by atoms with Gasteiger partial charge in [-0.15, -0.1) is 0 Å². The number of aryl methyl sites for hydroxylation is 1. The third-order valence-electron chi connectivity index (χ3n) is 4.32. The van der Waals surface area contributed by atoms with Crippen molar-refractivity contribution < 1.29 is 0 Å². The monoisotopic (exact) mass is 283 g/mol. The van der Waals surface area contributed by atoms with Gasteiger partial charge in [0.25, 0.3) is 0 Å². The number of nitrogens with two attached hydrogens (primary N) is 1. The molecule has 0 amide bonds. The minimum atomic E-state index is -0.0109. The number of likely N-dealkylation sites (N-methyl/N-ethyl adjacent to an activating group) is 1. The summed E-state index contributed by atoms with van der Waals surface area (Å²) in [4.78, 5) is 2.22. The van der Waals surface area contributed by atoms with Gasteiger partial charge in [-0.25, -0.2) is 0 Å². The second-order valence-electron chi connectivity index (χ2n) is 5.62. The first-order chi connectivity index (χ1) is 8.85. The van der Waals surface area contributed by atoms with Gasteiger partial charge in [0, 0.05) is 16.6 Å². The molecule has 0 spiro atoms. The van der Waals surface area contributed by atoms with Crippen molar-refractivity contribution >= 4 is 11.6 Å². The second kappa shape index (κ2) is 6.71. The van der Waals surface area contributed by atoms with Crippen molar-refractivity contribution in [3.05, 3.63) is 34.3 Å². The van der Waals surface area contributed by atoms with Gasteiger partial charge < -0.3 is 4.90 Å². The summed E-state index contributed by atoms with van der Waals surface area (Å²) in [7, 11) is 4.18. The van der Waals surface area contributed by atoms with Crippen molar-refractivity contribution in [2.75, 3.05) is 14.1 Å². The van der Waals surface area contributed by atoms with Crippen LogP contribution < -0.4 is 11.3 Å². The van der Waals surface area contributed by atoms with E-state index >= 15 is 0 Å². The van der Waals surface area contributed by atoms with Crippen LogP contribution in [0.25, 0.3) is 0 Å². The van der Waals surface area contributed by atoms with E-state index in [1.807, 2.05) is 13.0 Å². The van der Waals surface area contributed by atoms with Gasteiger partial charge in [-0.2, -0.15) is 0 Å². The minimum Gasteiger partial charge on any atom is -0.302 e. The molecule has 3 N–H and O–H groups in total. The van der Waals surface area contributed by atoms with Crippen molar-refractivity contribution in [2.45, 2.75) is 45.2 Å². The first kappa shape index (κ1) is 16.4. The predicted molar refractivity (Wildman–Crippen MR) is 83.4 cm³/mol. The Kier molecular flexibility index (Phi) is 5.81. The zero-order valence-corrected chi connectivity index (χ0v) is 13.4. The van der Waals surface area contributed by atoms with Crippen molar-refractivity contribution in [3.63, 3.8) is 0 Å². The summed E-state index contributed by atoms with van der Waals surface area (Å²) in [5.74, 6) is 5.78. The van der Waals surface area contributed by atoms with Crippen LogP contribution in [0.15, 0.2) is 18.2 Å². The van der Waals surface area contributed by atoms with E-state index in [2.05, 4.69) is 50.4 Å². The van der Waals surface area contributed by atoms with Crippen molar-refractivity contribution in [1.82, 2.24) is 10.3 Å². The number of halogens is 1. The lowest BCUT2D eigenvalue weighted by molar-refractivity contribution is 0.112. The fraction of sp³-hybridized carbons (Fsp3) is 0.600. The number of hydrazine groups is 1. The molecular formula is C15H26ClN3. The highest BCUT2D eigenvalue weighted by atomic mass is 35.5. The molecule has 1 aromatic rings. The van der Waals surface area contributed by atoms with E-state index in [0.29, 0.717) is 0 Å². The lowest BCUT2D eigenvalue weighted by Gasteiger charge is -2.42. The number of rotatable bonds is 6. The fourth-order valence-electron chi connectivity index (χ4n) is 2.37. The van der Waals surface area contributed by atoms with E-state index in [1.54, 1.807) is 0 Å². The van der Waals surface area contributed by atoms with Gasteiger partial charge in [0.1, 0.15) is 0 Å². The molecule has 0 radical (unpaired) electrons. The zero-order valence-electron chi connectivity index (χ0n) is 12.6. The summed E-state index contributed by atoms with van der Waals surface area (Å²) < 4.78 is 0. The molecule has 0 aliphatic heterocycles. The van der Waals surface area contributed by atoms with Crippen LogP contribution in [0.2, 0.25) is 5.02 Å². The van der Waals surface area contributed by atoms with Crippen molar-refractivity contribution in [2.24, 2.45) is 5.84 Å². The van der Waals surface area contributed by atoms with Gasteiger partial charge in [0.05, 0.1) is 0 Å². The van der Waals surface area contributed by atoms with Gasteiger partial charge in [-0.05, 0) is 58.0 Å². The number of hydrogen-bond acceptors (Lipinski definition) is 3. The molecule has 0 fully saturated rings. The summed E-state index contributed by atoms with van der Waals surface area (Å²) in [5.41, 5.74) is 5.27. The Labute approximate surface area is 122 Å². The van der Waals surface area contributed by atoms with Gasteiger partial charge in [0.15, 0.2) is 0 Å². The van der Waals surface area contributed by atoms with Crippen LogP contribution in [0.3, 0.4) is 0 Å². The Balaban J connectivity index is 2.99. The molecule has 1 rings (SSSR count). The highest BCUT2D eigenvalue weighted by molar-refractivity contribution is 6.31. The average Bonchev–Trinajstić information content (AvgIpc) is 2.36. The summed E-state index contributed by atoms with van der Waals surface area (Å²) >= 11 is 6.32. The van der Waals surface area contributed by atoms with Gasteiger partial charge >= 0.3 is 0 Å². The third-order valence-corrected chi connectivity index (χ3v) is 4.67. The van der Waals surface area contributed by atoms with Gasteiger partial charge in [-0.1, -0.05) is 30.7 Å². The Morgan fingerprint density at radius 3 is 2.47 bits per heavy atom. The first-order valence-electron chi connectivity index (χ1n) is 6.73. The molecule has 2 atom stereocenters. The van der Waals surface area contributed by atoms with Crippen molar-refractivity contribution in [1.29, 1.82) is 0 Å². The molecule has 0 aromatic heterocycles. The van der Waals surface area contributed by atoms with E-state index in [1.165, 1.54) is 5.56 Å². The van der Waals surface area contributed by atoms with Crippen LogP contribution >= 0.6 is 11.6 Å². The fourth-order valence-corrected chi connectivity index (χ4v) is 2.68. The lowest BCUT2D eigenvalue weighted by atomic mass is 9.84. The Morgan fingerprint density at radius 2 is 2.05 bits per heavy atom. The number of hydrogen-bond donors (Lipinski definition) is 2. The van der Waals surface area contributed by atoms with Gasteiger partial charge in [-0.3, -0.25) is 11.3 Å². The molecule has 1 aromatic carbocycles. The maximum absolute atomic E-state index is 6.32. The second-order valence-corrected chi connectivity index (χ2v) is 6.03. The van der Waals surface area contributed by atoms with E-state index in [9.17, 15) is 0 Å². The van der Waals surface area contributed by atoms with Crippen LogP contribution in [0.5, 0.6) is 0 Å². The van der Waals surface area contributed by atoms with E-state index in [4.69, 9.17) is 17.4 Å². The molecule has 19 heavy (non-hydrogen) atoms. The quantitative estimate of drug-likeness (QED) is 0.623. The standard InChI is InChI=1S/C15H26ClN3/c1-6-15(3,19(4)5)14(18-17)10-12-8-7-11(2)9-13(12)16/h7-9,14,18H,6,10,17H2,1-5H3. The van der Waals surface area contributed by atoms with Crippen LogP contribution in [-0.4, -0.2) is 30.6 Å². The number of nitrogens with one attached hydrogen (secondary N) is 1. The molecule has 0 bridgehead atoms. The molecule has 0 aliphatic rings. The first-order valence-corrected chi connectivity index (χ1v) is 7.11. The lowest BCUT2D eigenvalue weighted by Crippen LogP contribution is -2.59. The number of benzene rings is 1. The van der Waals surface area contributed by atoms with Gasteiger partial charge in [0.2, 0.25) is 0 Å². The molecule has 0 heterocycles. The summed E-state index contributed by atoms with van der Waals surface area (Å²) in [6.45, 7) is 6.45. The summed E-state index contributed by atoms with van der Waals surface area (Å²) in [6, 6.07) is 6.33. The molecular weight excluding hydrogens is 258 g/mol. The SMILES string of the molecule is CCC(C)(C(Cc1ccc(C)cc1Cl)NN)N(C)C. The van der Waals surface area contributed by atoms with Crippen LogP contribution in [0.1, 0.15) is 31.4 Å². The molecule has 0 aliphatic carbocycles. The molecule has 0 saturated carbocycles. The van der Waals surface area contributed by atoms with E-state index in [-0.39, 0.29) is 11.6 Å². The summed E-state index contributed by atoms with van der Waals surface area (Å²) in [6.07, 6.45) is 1.83. The van der Waals surface area contributed by atoms with E-state index < -0.39 is 0 Å². The van der Waals surface area contributed by atoms with E-state index in [0.717, 1.165) is 23.4 Å². The maximum atomic E-state index is 6.32. The van der Waals surface area contributed by atoms with Crippen LogP contribution in [0, 0.1) is 6.92 Å². The molecule has 3 nitrogen and oxygen atoms in total. The highest BCUT2D eigenvalue weighted by Crippen LogP contribution is 2.26. The topological polar surface area (TPSA) is 41.3 Å². The molecule has 108 valence electrons. The summed E-state index contributed by atoms with van der Waals surface area (Å²) in [5, 5.41) is 0.817. The van der Waals surface area contributed by atoms with Crippen LogP contribution in [0.4, 0.5) is 0 Å².